The highest BCUT2D eigenvalue weighted by atomic mass is 19.2. The summed E-state index contributed by atoms with van der Waals surface area (Å²) < 4.78 is 33.8. The van der Waals surface area contributed by atoms with E-state index >= 15 is 0 Å². The van der Waals surface area contributed by atoms with Crippen molar-refractivity contribution in [1.29, 1.82) is 0 Å². The van der Waals surface area contributed by atoms with Crippen molar-refractivity contribution in [1.82, 2.24) is 20.6 Å². The van der Waals surface area contributed by atoms with Crippen molar-refractivity contribution in [2.24, 2.45) is 0 Å². The molecule has 2 amide bonds. The fourth-order valence-electron chi connectivity index (χ4n) is 4.23. The van der Waals surface area contributed by atoms with Crippen molar-refractivity contribution >= 4 is 17.1 Å². The summed E-state index contributed by atoms with van der Waals surface area (Å²) in [4.78, 5) is 20.5. The summed E-state index contributed by atoms with van der Waals surface area (Å²) in [6.07, 6.45) is 2.50. The summed E-state index contributed by atoms with van der Waals surface area (Å²) in [5.74, 6) is -1.84. The second-order valence-corrected chi connectivity index (χ2v) is 8.84. The zero-order valence-corrected chi connectivity index (χ0v) is 18.6. The lowest BCUT2D eigenvalue weighted by atomic mass is 9.84. The van der Waals surface area contributed by atoms with Crippen molar-refractivity contribution in [3.8, 4) is 5.75 Å². The van der Waals surface area contributed by atoms with E-state index in [1.165, 1.54) is 19.2 Å². The normalized spacial score (nSPS) is 21.5. The molecule has 0 saturated heterocycles. The first kappa shape index (κ1) is 23.0. The summed E-state index contributed by atoms with van der Waals surface area (Å²) in [6, 6.07) is 8.95. The minimum absolute atomic E-state index is 0.0145. The van der Waals surface area contributed by atoms with Crippen molar-refractivity contribution in [2.45, 2.75) is 56.7 Å². The largest absolute Gasteiger partial charge is 0.494 e. The number of halogens is 2. The zero-order valence-electron chi connectivity index (χ0n) is 18.6. The number of ether oxygens (including phenoxy) is 1. The third-order valence-corrected chi connectivity index (χ3v) is 6.21. The molecule has 1 saturated carbocycles. The van der Waals surface area contributed by atoms with Crippen molar-refractivity contribution < 1.29 is 23.4 Å². The predicted molar refractivity (Wildman–Crippen MR) is 120 cm³/mol. The van der Waals surface area contributed by atoms with E-state index in [0.717, 1.165) is 5.52 Å². The Hall–Kier alpha value is -3.20. The lowest BCUT2D eigenvalue weighted by Gasteiger charge is -2.33. The van der Waals surface area contributed by atoms with Gasteiger partial charge >= 0.3 is 6.03 Å². The molecule has 1 atom stereocenters. The summed E-state index contributed by atoms with van der Waals surface area (Å²) in [7, 11) is 1.27. The summed E-state index contributed by atoms with van der Waals surface area (Å²) >= 11 is 0. The summed E-state index contributed by atoms with van der Waals surface area (Å²) in [5, 5.41) is 15.9. The van der Waals surface area contributed by atoms with Crippen LogP contribution in [0.1, 0.15) is 50.0 Å². The first-order valence-corrected chi connectivity index (χ1v) is 11.0. The Balaban J connectivity index is 1.55. The van der Waals surface area contributed by atoms with E-state index in [0.29, 0.717) is 37.0 Å². The standard InChI is InChI=1S/C24H28F2N4O3/c1-24(32)11-9-15(10-12-24)27-23(31)30-18(22-28-16-5-3-4-6-17(16)29-22)13-14-7-8-19(33-2)21(26)20(14)25/h3-8,15,18,32H,9-13H2,1-2H3,(H,28,29)(H2,27,30,31)/t15-,18-,24-/m1/s1. The average Bonchev–Trinajstić information content (AvgIpc) is 3.22. The first-order chi connectivity index (χ1) is 15.8. The highest BCUT2D eigenvalue weighted by Crippen LogP contribution is 2.29. The molecule has 3 aromatic rings. The number of hydrogen-bond acceptors (Lipinski definition) is 4. The molecular weight excluding hydrogens is 430 g/mol. The first-order valence-electron chi connectivity index (χ1n) is 11.0. The molecule has 0 bridgehead atoms. The smallest absolute Gasteiger partial charge is 0.315 e. The highest BCUT2D eigenvalue weighted by Gasteiger charge is 2.30. The molecule has 0 unspecified atom stereocenters. The molecule has 1 aliphatic carbocycles. The molecule has 9 heteroatoms. The third kappa shape index (κ3) is 5.24. The lowest BCUT2D eigenvalue weighted by molar-refractivity contribution is 0.0151. The van der Waals surface area contributed by atoms with Gasteiger partial charge in [-0.2, -0.15) is 4.39 Å². The van der Waals surface area contributed by atoms with E-state index in [1.807, 2.05) is 24.3 Å². The van der Waals surface area contributed by atoms with Crippen LogP contribution in [0.25, 0.3) is 11.0 Å². The summed E-state index contributed by atoms with van der Waals surface area (Å²) in [5.41, 5.74) is 0.862. The number of amides is 2. The lowest BCUT2D eigenvalue weighted by Crippen LogP contribution is -2.47. The SMILES string of the molecule is COc1ccc(C[C@@H](NC(=O)N[C@H]2CC[C@](C)(O)CC2)c2nc3ccccc3[nH]2)c(F)c1F. The Morgan fingerprint density at radius 1 is 1.24 bits per heavy atom. The van der Waals surface area contributed by atoms with Crippen LogP contribution in [0.15, 0.2) is 36.4 Å². The van der Waals surface area contributed by atoms with Gasteiger partial charge in [0, 0.05) is 12.5 Å². The highest BCUT2D eigenvalue weighted by molar-refractivity contribution is 5.76. The van der Waals surface area contributed by atoms with Gasteiger partial charge in [0.2, 0.25) is 5.82 Å². The number of benzene rings is 2. The Morgan fingerprint density at radius 2 is 1.97 bits per heavy atom. The zero-order chi connectivity index (χ0) is 23.6. The molecule has 1 heterocycles. The van der Waals surface area contributed by atoms with E-state index in [1.54, 1.807) is 6.92 Å². The van der Waals surface area contributed by atoms with Gasteiger partial charge in [0.1, 0.15) is 5.82 Å². The predicted octanol–water partition coefficient (Wildman–Crippen LogP) is 4.13. The van der Waals surface area contributed by atoms with Gasteiger partial charge < -0.3 is 25.5 Å². The molecule has 7 nitrogen and oxygen atoms in total. The van der Waals surface area contributed by atoms with Crippen molar-refractivity contribution in [3.05, 3.63) is 59.4 Å². The van der Waals surface area contributed by atoms with Gasteiger partial charge in [0.05, 0.1) is 29.8 Å². The number of urea groups is 1. The fourth-order valence-corrected chi connectivity index (χ4v) is 4.23. The third-order valence-electron chi connectivity index (χ3n) is 6.21. The van der Waals surface area contributed by atoms with Gasteiger partial charge in [0.15, 0.2) is 11.6 Å². The van der Waals surface area contributed by atoms with Gasteiger partial charge in [-0.05, 0) is 56.4 Å². The van der Waals surface area contributed by atoms with Crippen LogP contribution >= 0.6 is 0 Å². The van der Waals surface area contributed by atoms with Crippen molar-refractivity contribution in [3.63, 3.8) is 0 Å². The van der Waals surface area contributed by atoms with Gasteiger partial charge in [0.25, 0.3) is 0 Å². The van der Waals surface area contributed by atoms with E-state index in [9.17, 15) is 18.7 Å². The molecule has 33 heavy (non-hydrogen) atoms. The molecule has 4 rings (SSSR count). The number of rotatable bonds is 6. The second-order valence-electron chi connectivity index (χ2n) is 8.84. The number of imidazole rings is 1. The molecule has 0 radical (unpaired) electrons. The molecule has 2 aromatic carbocycles. The van der Waals surface area contributed by atoms with Crippen LogP contribution in [0.2, 0.25) is 0 Å². The molecule has 1 aliphatic rings. The maximum Gasteiger partial charge on any atom is 0.315 e. The number of H-pyrrole nitrogens is 1. The Kier molecular flexibility index (Phi) is 6.51. The van der Waals surface area contributed by atoms with Crippen LogP contribution in [0.3, 0.4) is 0 Å². The number of fused-ring (bicyclic) bond motifs is 1. The number of nitrogens with zero attached hydrogens (tertiary/aromatic N) is 1. The second kappa shape index (κ2) is 9.35. The minimum Gasteiger partial charge on any atom is -0.494 e. The van der Waals surface area contributed by atoms with E-state index < -0.39 is 29.3 Å². The number of carbonyl (C=O) groups excluding carboxylic acids is 1. The molecule has 4 N–H and O–H groups in total. The van der Waals surface area contributed by atoms with Crippen LogP contribution in [-0.4, -0.2) is 39.9 Å². The van der Waals surface area contributed by atoms with Gasteiger partial charge in [-0.3, -0.25) is 0 Å². The molecule has 1 fully saturated rings. The van der Waals surface area contributed by atoms with Gasteiger partial charge in [-0.1, -0.05) is 18.2 Å². The molecule has 0 spiro atoms. The Bertz CT molecular complexity index is 1100. The number of aromatic amines is 1. The number of para-hydroxylation sites is 2. The number of methoxy groups -OCH3 is 1. The number of aliphatic hydroxyl groups is 1. The Morgan fingerprint density at radius 3 is 2.67 bits per heavy atom. The monoisotopic (exact) mass is 458 g/mol. The van der Waals surface area contributed by atoms with Crippen LogP contribution < -0.4 is 15.4 Å². The number of aromatic nitrogens is 2. The molecule has 0 aliphatic heterocycles. The maximum absolute atomic E-state index is 14.7. The number of hydrogen-bond donors (Lipinski definition) is 4. The average molecular weight is 459 g/mol. The number of nitrogens with one attached hydrogen (secondary N) is 3. The van der Waals surface area contributed by atoms with Gasteiger partial charge in [-0.15, -0.1) is 0 Å². The van der Waals surface area contributed by atoms with Crippen LogP contribution in [0.5, 0.6) is 5.75 Å². The van der Waals surface area contributed by atoms with Crippen LogP contribution in [0, 0.1) is 11.6 Å². The number of carbonyl (C=O) groups is 1. The molecular formula is C24H28F2N4O3. The summed E-state index contributed by atoms with van der Waals surface area (Å²) in [6.45, 7) is 1.80. The van der Waals surface area contributed by atoms with Crippen LogP contribution in [0.4, 0.5) is 13.6 Å². The van der Waals surface area contributed by atoms with Gasteiger partial charge in [-0.25, -0.2) is 14.2 Å². The quantitative estimate of drug-likeness (QED) is 0.446. The maximum atomic E-state index is 14.7. The molecule has 176 valence electrons. The Labute approximate surface area is 190 Å². The van der Waals surface area contributed by atoms with Crippen molar-refractivity contribution in [2.75, 3.05) is 7.11 Å². The van der Waals surface area contributed by atoms with E-state index in [-0.39, 0.29) is 23.8 Å². The van der Waals surface area contributed by atoms with E-state index in [2.05, 4.69) is 20.6 Å². The fraction of sp³-hybridized carbons (Fsp3) is 0.417. The van der Waals surface area contributed by atoms with Crippen LogP contribution in [-0.2, 0) is 6.42 Å². The van der Waals surface area contributed by atoms with E-state index in [4.69, 9.17) is 4.74 Å². The minimum atomic E-state index is -1.07. The molecule has 1 aromatic heterocycles. The topological polar surface area (TPSA) is 99.3 Å².